The van der Waals surface area contributed by atoms with E-state index in [0.29, 0.717) is 5.69 Å². The molecule has 0 radical (unpaired) electrons. The van der Waals surface area contributed by atoms with E-state index in [1.165, 1.54) is 12.1 Å². The van der Waals surface area contributed by atoms with Crippen LogP contribution in [0.4, 0.5) is 30.2 Å². The fourth-order valence-corrected chi connectivity index (χ4v) is 1.72. The van der Waals surface area contributed by atoms with Crippen LogP contribution in [0.15, 0.2) is 48.5 Å². The van der Waals surface area contributed by atoms with Crippen LogP contribution in [0.2, 0.25) is 0 Å². The van der Waals surface area contributed by atoms with Gasteiger partial charge in [-0.05, 0) is 36.4 Å². The van der Waals surface area contributed by atoms with Crippen LogP contribution >= 0.6 is 0 Å². The second kappa shape index (κ2) is 5.22. The van der Waals surface area contributed by atoms with Crippen LogP contribution < -0.4 is 10.6 Å². The Bertz CT molecular complexity index is 547. The summed E-state index contributed by atoms with van der Waals surface area (Å²) >= 11 is 0. The third kappa shape index (κ3) is 3.19. The van der Waals surface area contributed by atoms with E-state index in [9.17, 15) is 13.2 Å². The summed E-state index contributed by atoms with van der Waals surface area (Å²) in [4.78, 5) is 0. The van der Waals surface area contributed by atoms with Crippen molar-refractivity contribution in [1.29, 1.82) is 0 Å². The van der Waals surface area contributed by atoms with Crippen molar-refractivity contribution < 1.29 is 13.2 Å². The molecule has 2 nitrogen and oxygen atoms in total. The maximum Gasteiger partial charge on any atom is 0.418 e. The largest absolute Gasteiger partial charge is 0.418 e. The summed E-state index contributed by atoms with van der Waals surface area (Å²) in [6.07, 6.45) is -4.37. The Morgan fingerprint density at radius 3 is 2.00 bits per heavy atom. The second-order valence-corrected chi connectivity index (χ2v) is 4.00. The van der Waals surface area contributed by atoms with E-state index >= 15 is 0 Å². The fourth-order valence-electron chi connectivity index (χ4n) is 1.72. The van der Waals surface area contributed by atoms with Gasteiger partial charge in [-0.25, -0.2) is 0 Å². The SMILES string of the molecule is CNc1ccc(Nc2ccccc2C(F)(F)F)cc1. The summed E-state index contributed by atoms with van der Waals surface area (Å²) in [6.45, 7) is 0. The molecule has 0 aliphatic carbocycles. The van der Waals surface area contributed by atoms with Gasteiger partial charge in [-0.1, -0.05) is 12.1 Å². The van der Waals surface area contributed by atoms with E-state index in [1.807, 2.05) is 0 Å². The topological polar surface area (TPSA) is 24.1 Å². The third-order valence-electron chi connectivity index (χ3n) is 2.69. The van der Waals surface area contributed by atoms with Crippen LogP contribution in [-0.4, -0.2) is 7.05 Å². The molecule has 0 saturated carbocycles. The Kier molecular flexibility index (Phi) is 3.64. The number of anilines is 3. The zero-order valence-corrected chi connectivity index (χ0v) is 10.3. The summed E-state index contributed by atoms with van der Waals surface area (Å²) in [7, 11) is 1.78. The number of rotatable bonds is 3. The summed E-state index contributed by atoms with van der Waals surface area (Å²) in [6, 6.07) is 12.4. The van der Waals surface area contributed by atoms with Gasteiger partial charge < -0.3 is 10.6 Å². The van der Waals surface area contributed by atoms with Gasteiger partial charge in [-0.3, -0.25) is 0 Å². The average Bonchev–Trinajstić information content (AvgIpc) is 2.39. The number of alkyl halides is 3. The summed E-state index contributed by atoms with van der Waals surface area (Å²) in [5.41, 5.74) is 0.880. The lowest BCUT2D eigenvalue weighted by atomic mass is 10.1. The number of benzene rings is 2. The molecule has 0 aromatic heterocycles. The summed E-state index contributed by atoms with van der Waals surface area (Å²) in [5.74, 6) is 0. The number of para-hydroxylation sites is 1. The summed E-state index contributed by atoms with van der Waals surface area (Å²) in [5, 5.41) is 5.73. The van der Waals surface area contributed by atoms with Gasteiger partial charge in [0.1, 0.15) is 0 Å². The van der Waals surface area contributed by atoms with Crippen LogP contribution in [0, 0.1) is 0 Å². The van der Waals surface area contributed by atoms with E-state index in [1.54, 1.807) is 37.4 Å². The minimum atomic E-state index is -4.37. The minimum Gasteiger partial charge on any atom is -0.388 e. The lowest BCUT2D eigenvalue weighted by molar-refractivity contribution is -0.136. The molecule has 100 valence electrons. The highest BCUT2D eigenvalue weighted by molar-refractivity contribution is 5.65. The predicted molar refractivity (Wildman–Crippen MR) is 70.7 cm³/mol. The average molecular weight is 266 g/mol. The van der Waals surface area contributed by atoms with Gasteiger partial charge >= 0.3 is 6.18 Å². The van der Waals surface area contributed by atoms with Gasteiger partial charge in [0.2, 0.25) is 0 Å². The molecule has 2 rings (SSSR count). The molecular formula is C14H13F3N2. The summed E-state index contributed by atoms with van der Waals surface area (Å²) < 4.78 is 38.5. The van der Waals surface area contributed by atoms with Gasteiger partial charge in [0.15, 0.2) is 0 Å². The standard InChI is InChI=1S/C14H13F3N2/c1-18-10-6-8-11(9-7-10)19-13-5-3-2-4-12(13)14(15,16)17/h2-9,18-19H,1H3. The molecule has 0 saturated heterocycles. The second-order valence-electron chi connectivity index (χ2n) is 4.00. The Labute approximate surface area is 109 Å². The molecule has 2 aromatic carbocycles. The van der Waals surface area contributed by atoms with Crippen molar-refractivity contribution in [3.63, 3.8) is 0 Å². The minimum absolute atomic E-state index is 0.0483. The molecule has 2 N–H and O–H groups in total. The third-order valence-corrected chi connectivity index (χ3v) is 2.69. The Morgan fingerprint density at radius 1 is 0.842 bits per heavy atom. The first kappa shape index (κ1) is 13.3. The number of nitrogens with one attached hydrogen (secondary N) is 2. The lowest BCUT2D eigenvalue weighted by Crippen LogP contribution is -2.08. The van der Waals surface area contributed by atoms with E-state index < -0.39 is 11.7 Å². The van der Waals surface area contributed by atoms with Crippen molar-refractivity contribution in [2.45, 2.75) is 6.18 Å². The molecule has 0 spiro atoms. The quantitative estimate of drug-likeness (QED) is 0.855. The Balaban J connectivity index is 2.28. The monoisotopic (exact) mass is 266 g/mol. The van der Waals surface area contributed by atoms with Gasteiger partial charge in [0.05, 0.1) is 11.3 Å². The van der Waals surface area contributed by atoms with Crippen LogP contribution in [-0.2, 0) is 6.18 Å². The highest BCUT2D eigenvalue weighted by atomic mass is 19.4. The molecule has 0 aliphatic rings. The molecule has 0 unspecified atom stereocenters. The first-order chi connectivity index (χ1) is 9.00. The number of halogens is 3. The molecule has 5 heteroatoms. The zero-order chi connectivity index (χ0) is 13.9. The van der Waals surface area contributed by atoms with Gasteiger partial charge in [-0.2, -0.15) is 13.2 Å². The molecule has 0 amide bonds. The van der Waals surface area contributed by atoms with Crippen LogP contribution in [0.3, 0.4) is 0 Å². The fraction of sp³-hybridized carbons (Fsp3) is 0.143. The van der Waals surface area contributed by atoms with E-state index in [2.05, 4.69) is 10.6 Å². The highest BCUT2D eigenvalue weighted by Crippen LogP contribution is 2.35. The molecule has 0 bridgehead atoms. The van der Waals surface area contributed by atoms with Crippen molar-refractivity contribution in [3.05, 3.63) is 54.1 Å². The molecule has 0 aliphatic heterocycles. The van der Waals surface area contributed by atoms with E-state index in [4.69, 9.17) is 0 Å². The van der Waals surface area contributed by atoms with Crippen LogP contribution in [0.5, 0.6) is 0 Å². The first-order valence-corrected chi connectivity index (χ1v) is 5.72. The molecule has 19 heavy (non-hydrogen) atoms. The maximum atomic E-state index is 12.8. The lowest BCUT2D eigenvalue weighted by Gasteiger charge is -2.14. The molecule has 2 aromatic rings. The molecular weight excluding hydrogens is 253 g/mol. The van der Waals surface area contributed by atoms with E-state index in [-0.39, 0.29) is 5.69 Å². The molecule has 0 fully saturated rings. The van der Waals surface area contributed by atoms with Crippen molar-refractivity contribution in [2.24, 2.45) is 0 Å². The van der Waals surface area contributed by atoms with Gasteiger partial charge in [0.25, 0.3) is 0 Å². The van der Waals surface area contributed by atoms with Gasteiger partial charge in [0, 0.05) is 18.4 Å². The normalized spacial score (nSPS) is 11.2. The number of hydrogen-bond acceptors (Lipinski definition) is 2. The predicted octanol–water partition coefficient (Wildman–Crippen LogP) is 4.49. The van der Waals surface area contributed by atoms with Crippen molar-refractivity contribution >= 4 is 17.1 Å². The van der Waals surface area contributed by atoms with Crippen LogP contribution in [0.1, 0.15) is 5.56 Å². The van der Waals surface area contributed by atoms with Crippen molar-refractivity contribution in [1.82, 2.24) is 0 Å². The smallest absolute Gasteiger partial charge is 0.388 e. The molecule has 0 atom stereocenters. The zero-order valence-electron chi connectivity index (χ0n) is 10.3. The maximum absolute atomic E-state index is 12.8. The van der Waals surface area contributed by atoms with Gasteiger partial charge in [-0.15, -0.1) is 0 Å². The first-order valence-electron chi connectivity index (χ1n) is 5.72. The van der Waals surface area contributed by atoms with Crippen molar-refractivity contribution in [3.8, 4) is 0 Å². The van der Waals surface area contributed by atoms with Crippen molar-refractivity contribution in [2.75, 3.05) is 17.7 Å². The number of hydrogen-bond donors (Lipinski definition) is 2. The Morgan fingerprint density at radius 2 is 1.42 bits per heavy atom. The molecule has 0 heterocycles. The Hall–Kier alpha value is -2.17. The highest BCUT2D eigenvalue weighted by Gasteiger charge is 2.33. The van der Waals surface area contributed by atoms with Crippen LogP contribution in [0.25, 0.3) is 0 Å². The van der Waals surface area contributed by atoms with E-state index in [0.717, 1.165) is 11.8 Å².